The van der Waals surface area contributed by atoms with Gasteiger partial charge in [0.25, 0.3) is 11.5 Å². The summed E-state index contributed by atoms with van der Waals surface area (Å²) in [5.41, 5.74) is 3.89. The minimum atomic E-state index is -0.592. The Morgan fingerprint density at radius 2 is 1.58 bits per heavy atom. The normalized spacial score (nSPS) is 17.6. The van der Waals surface area contributed by atoms with Crippen molar-refractivity contribution in [1.82, 2.24) is 38.9 Å². The van der Waals surface area contributed by atoms with Crippen LogP contribution in [0.1, 0.15) is 79.0 Å². The number of carbonyl (C=O) groups excluding carboxylic acids is 2. The third kappa shape index (κ3) is 8.08. The Labute approximate surface area is 374 Å². The summed E-state index contributed by atoms with van der Waals surface area (Å²) in [6.45, 7) is 6.80. The Bertz CT molecular complexity index is 3050. The second-order valence-corrected chi connectivity index (χ2v) is 18.3. The van der Waals surface area contributed by atoms with Crippen LogP contribution in [-0.4, -0.2) is 92.2 Å². The number of hydrogen-bond donors (Lipinski definition) is 3. The molecule has 1 aliphatic heterocycles. The van der Waals surface area contributed by atoms with Crippen molar-refractivity contribution in [2.75, 3.05) is 26.2 Å². The van der Waals surface area contributed by atoms with E-state index in [9.17, 15) is 29.7 Å². The predicted molar refractivity (Wildman–Crippen MR) is 243 cm³/mol. The van der Waals surface area contributed by atoms with E-state index in [1.807, 2.05) is 67.3 Å². The van der Waals surface area contributed by atoms with Crippen LogP contribution in [0.3, 0.4) is 0 Å². The van der Waals surface area contributed by atoms with Gasteiger partial charge in [-0.2, -0.15) is 5.10 Å². The van der Waals surface area contributed by atoms with E-state index in [1.165, 1.54) is 16.7 Å². The largest absolute Gasteiger partial charge is 0.508 e. The van der Waals surface area contributed by atoms with Crippen LogP contribution in [0.15, 0.2) is 89.9 Å². The molecule has 0 atom stereocenters. The van der Waals surface area contributed by atoms with Crippen molar-refractivity contribution in [1.29, 1.82) is 0 Å². The summed E-state index contributed by atoms with van der Waals surface area (Å²) in [5.74, 6) is 0.107. The van der Waals surface area contributed by atoms with E-state index in [4.69, 9.17) is 5.10 Å². The van der Waals surface area contributed by atoms with Crippen LogP contribution in [0, 0.1) is 23.6 Å². The molecule has 2 saturated carbocycles. The van der Waals surface area contributed by atoms with Gasteiger partial charge < -0.3 is 29.7 Å². The summed E-state index contributed by atoms with van der Waals surface area (Å²) in [5, 5.41) is 47.1. The molecule has 0 bridgehead atoms. The fourth-order valence-corrected chi connectivity index (χ4v) is 9.76. The lowest BCUT2D eigenvalue weighted by atomic mass is 9.73. The lowest BCUT2D eigenvalue weighted by molar-refractivity contribution is -0.134. The summed E-state index contributed by atoms with van der Waals surface area (Å²) < 4.78 is 20.5. The van der Waals surface area contributed by atoms with Crippen molar-refractivity contribution in [3.63, 3.8) is 0 Å². The maximum absolute atomic E-state index is 15.2. The summed E-state index contributed by atoms with van der Waals surface area (Å²) >= 11 is 0. The minimum absolute atomic E-state index is 0.00444. The number of carbonyl (C=O) groups is 2. The van der Waals surface area contributed by atoms with Crippen LogP contribution in [0.25, 0.3) is 38.8 Å². The van der Waals surface area contributed by atoms with Gasteiger partial charge in [-0.25, -0.2) is 13.6 Å². The number of fused-ring (bicyclic) bond motifs is 2. The average molecular weight is 879 g/mol. The molecule has 3 aromatic heterocycles. The van der Waals surface area contributed by atoms with Crippen molar-refractivity contribution in [3.05, 3.63) is 124 Å². The standard InChI is InChI=1S/C50H51FN8O6/c1-29(2)38-26-40(45(61)27-44(38)60)46-52-53-50(65)59(46)35-10-12-43-34(25-35)14-16-55(43)15-13-31-21-32(22-31)28-58-49(64)37-6-4-3-5-36(37)42(54-58)24-30-7-11-41(51)39(23-30)48(63)57-19-17-56(18-20-57)47(62)33-8-9-33/h3-7,10-12,14,16,23,25-27,29,31-33,60-61H,8-9,13,15,17-22,24,28H2,1-2H3,(H,53,65). The molecular weight excluding hydrogens is 828 g/mol. The van der Waals surface area contributed by atoms with E-state index in [0.717, 1.165) is 54.9 Å². The lowest BCUT2D eigenvalue weighted by Crippen LogP contribution is -2.51. The second-order valence-electron chi connectivity index (χ2n) is 18.3. The van der Waals surface area contributed by atoms with Gasteiger partial charge in [0.2, 0.25) is 5.91 Å². The van der Waals surface area contributed by atoms with Crippen LogP contribution in [0.4, 0.5) is 4.39 Å². The fraction of sp³-hybridized carbons (Fsp3) is 0.360. The fourth-order valence-electron chi connectivity index (χ4n) is 9.76. The Morgan fingerprint density at radius 1 is 0.831 bits per heavy atom. The molecule has 1 saturated heterocycles. The number of aromatic nitrogens is 6. The van der Waals surface area contributed by atoms with Gasteiger partial charge in [-0.3, -0.25) is 14.4 Å². The first kappa shape index (κ1) is 42.0. The maximum Gasteiger partial charge on any atom is 0.319 e. The first-order chi connectivity index (χ1) is 31.4. The molecule has 10 rings (SSSR count). The van der Waals surface area contributed by atoms with E-state index < -0.39 is 11.7 Å². The SMILES string of the molecule is CC(C)c1cc(-c2nnc(O)n2-c2ccc3c(ccn3CCC3CC(Cn4nc(Cc5ccc(F)c(C(=O)N6CCN(C(=O)C7CC7)CC6)c5)c5ccccc5c4=O)C3)c2)c(O)cc1O. The van der Waals surface area contributed by atoms with Crippen LogP contribution in [0.5, 0.6) is 17.5 Å². The maximum atomic E-state index is 15.2. The van der Waals surface area contributed by atoms with Gasteiger partial charge in [0.15, 0.2) is 5.82 Å². The summed E-state index contributed by atoms with van der Waals surface area (Å²) in [4.78, 5) is 43.3. The number of rotatable bonds is 12. The Kier molecular flexibility index (Phi) is 10.9. The first-order valence-electron chi connectivity index (χ1n) is 22.5. The van der Waals surface area contributed by atoms with E-state index >= 15 is 4.39 Å². The zero-order valence-electron chi connectivity index (χ0n) is 36.4. The number of amides is 2. The highest BCUT2D eigenvalue weighted by atomic mass is 19.1. The van der Waals surface area contributed by atoms with Crippen molar-refractivity contribution in [3.8, 4) is 34.6 Å². The molecule has 2 aliphatic carbocycles. The molecular formula is C50H51FN8O6. The summed E-state index contributed by atoms with van der Waals surface area (Å²) in [6.07, 6.45) is 7.11. The van der Waals surface area contributed by atoms with Crippen LogP contribution in [-0.2, 0) is 24.3 Å². The van der Waals surface area contributed by atoms with Crippen LogP contribution >= 0.6 is 0 Å². The van der Waals surface area contributed by atoms with Gasteiger partial charge in [-0.1, -0.05) is 43.2 Å². The second kappa shape index (κ2) is 16.8. The number of benzene rings is 4. The molecule has 3 N–H and O–H groups in total. The highest BCUT2D eigenvalue weighted by Crippen LogP contribution is 2.40. The van der Waals surface area contributed by atoms with Crippen LogP contribution in [0.2, 0.25) is 0 Å². The van der Waals surface area contributed by atoms with Crippen molar-refractivity contribution in [2.24, 2.45) is 17.8 Å². The zero-order chi connectivity index (χ0) is 45.1. The Hall–Kier alpha value is -7.03. The molecule has 3 aliphatic rings. The van der Waals surface area contributed by atoms with E-state index in [2.05, 4.69) is 21.0 Å². The zero-order valence-corrected chi connectivity index (χ0v) is 36.4. The number of halogens is 1. The molecule has 0 unspecified atom stereocenters. The molecule has 7 aromatic rings. The van der Waals surface area contributed by atoms with Crippen molar-refractivity contribution in [2.45, 2.75) is 71.4 Å². The molecule has 4 aromatic carbocycles. The third-order valence-electron chi connectivity index (χ3n) is 13.6. The monoisotopic (exact) mass is 878 g/mol. The van der Waals surface area contributed by atoms with Crippen molar-refractivity contribution < 1.29 is 29.3 Å². The van der Waals surface area contributed by atoms with Gasteiger partial charge in [0.1, 0.15) is 17.3 Å². The molecule has 65 heavy (non-hydrogen) atoms. The van der Waals surface area contributed by atoms with E-state index in [-0.39, 0.29) is 58.1 Å². The lowest BCUT2D eigenvalue weighted by Gasteiger charge is -2.35. The highest BCUT2D eigenvalue weighted by molar-refractivity contribution is 5.95. The quantitative estimate of drug-likeness (QED) is 0.113. The summed E-state index contributed by atoms with van der Waals surface area (Å²) in [7, 11) is 0. The Morgan fingerprint density at radius 3 is 2.34 bits per heavy atom. The van der Waals surface area contributed by atoms with Gasteiger partial charge in [0, 0.05) is 80.2 Å². The average Bonchev–Trinajstić information content (AvgIpc) is 3.96. The van der Waals surface area contributed by atoms with E-state index in [0.29, 0.717) is 78.5 Å². The van der Waals surface area contributed by atoms with Gasteiger partial charge in [-0.05, 0) is 110 Å². The third-order valence-corrected chi connectivity index (χ3v) is 13.6. The Balaban J connectivity index is 0.792. The number of hydrogen-bond acceptors (Lipinski definition) is 9. The van der Waals surface area contributed by atoms with Gasteiger partial charge >= 0.3 is 6.01 Å². The van der Waals surface area contributed by atoms with Gasteiger partial charge in [0.05, 0.1) is 27.9 Å². The first-order valence-corrected chi connectivity index (χ1v) is 22.5. The molecule has 334 valence electrons. The number of piperazine rings is 1. The summed E-state index contributed by atoms with van der Waals surface area (Å²) in [6, 6.07) is 22.5. The number of aryl methyl sites for hydroxylation is 1. The number of nitrogens with zero attached hydrogens (tertiary/aromatic N) is 8. The molecule has 0 radical (unpaired) electrons. The topological polar surface area (TPSA) is 172 Å². The predicted octanol–water partition coefficient (Wildman–Crippen LogP) is 7.38. The smallest absolute Gasteiger partial charge is 0.319 e. The molecule has 4 heterocycles. The molecule has 15 heteroatoms. The molecule has 2 amide bonds. The van der Waals surface area contributed by atoms with E-state index in [1.54, 1.807) is 27.8 Å². The molecule has 14 nitrogen and oxygen atoms in total. The number of phenols is 2. The highest BCUT2D eigenvalue weighted by Gasteiger charge is 2.36. The molecule has 3 fully saturated rings. The van der Waals surface area contributed by atoms with Gasteiger partial charge in [-0.15, -0.1) is 5.10 Å². The number of phenolic OH excluding ortho intramolecular Hbond substituents is 2. The van der Waals surface area contributed by atoms with Crippen molar-refractivity contribution >= 4 is 33.5 Å². The number of aromatic hydroxyl groups is 3. The van der Waals surface area contributed by atoms with Crippen LogP contribution < -0.4 is 5.56 Å². The minimum Gasteiger partial charge on any atom is -0.508 e. The molecule has 0 spiro atoms.